The van der Waals surface area contributed by atoms with Gasteiger partial charge in [0, 0.05) is 0 Å². The Kier molecular flexibility index (Phi) is 19.5. The maximum atomic E-state index is 2.35. The summed E-state index contributed by atoms with van der Waals surface area (Å²) in [5.41, 5.74) is 0. The van der Waals surface area contributed by atoms with Crippen LogP contribution < -0.4 is 24.0 Å². The highest BCUT2D eigenvalue weighted by Crippen LogP contribution is 2.10. The van der Waals surface area contributed by atoms with Gasteiger partial charge in [0.15, 0.2) is 0 Å². The molecule has 0 bridgehead atoms. The van der Waals surface area contributed by atoms with Crippen LogP contribution in [-0.2, 0) is 10.9 Å². The molecule has 0 aromatic carbocycles. The second kappa shape index (κ2) is 16.1. The smallest absolute Gasteiger partial charge is 0.107 e. The average molecular weight is 358 g/mol. The van der Waals surface area contributed by atoms with E-state index in [-0.39, 0.29) is 24.0 Å². The van der Waals surface area contributed by atoms with Crippen LogP contribution in [0.5, 0.6) is 0 Å². The minimum Gasteiger partial charge on any atom is -1.00 e. The lowest BCUT2D eigenvalue weighted by atomic mass is 10.1. The van der Waals surface area contributed by atoms with E-state index < -0.39 is 0 Å². The average Bonchev–Trinajstić information content (AvgIpc) is 2.20. The van der Waals surface area contributed by atoms with Gasteiger partial charge >= 0.3 is 0 Å². The molecule has 0 heterocycles. The summed E-state index contributed by atoms with van der Waals surface area (Å²) in [5, 5.41) is 0. The lowest BCUT2D eigenvalue weighted by Gasteiger charge is -2.01. The van der Waals surface area contributed by atoms with E-state index in [1.165, 1.54) is 70.0 Å². The van der Waals surface area contributed by atoms with Crippen LogP contribution >= 0.6 is 0 Å². The first kappa shape index (κ1) is 19.4. The second-order valence-electron chi connectivity index (χ2n) is 4.87. The van der Waals surface area contributed by atoms with Crippen LogP contribution in [0.25, 0.3) is 0 Å². The van der Waals surface area contributed by atoms with E-state index >= 15 is 0 Å². The van der Waals surface area contributed by atoms with E-state index in [2.05, 4.69) is 19.4 Å². The van der Waals surface area contributed by atoms with Gasteiger partial charge in [-0.1, -0.05) is 58.3 Å². The molecule has 0 unspecified atom stereocenters. The van der Waals surface area contributed by atoms with Crippen molar-refractivity contribution in [1.29, 1.82) is 0 Å². The van der Waals surface area contributed by atoms with Gasteiger partial charge in [0.1, 0.15) is 5.75 Å². The van der Waals surface area contributed by atoms with Crippen LogP contribution in [0.1, 0.15) is 71.1 Å². The molecule has 0 aliphatic rings. The summed E-state index contributed by atoms with van der Waals surface area (Å²) in [4.78, 5) is 0. The van der Waals surface area contributed by atoms with Crippen LogP contribution in [0.4, 0.5) is 0 Å². The molecule has 0 aromatic heterocycles. The van der Waals surface area contributed by atoms with E-state index in [9.17, 15) is 0 Å². The number of hydrogen-bond donors (Lipinski definition) is 0. The van der Waals surface area contributed by atoms with Crippen LogP contribution in [0.3, 0.4) is 0 Å². The van der Waals surface area contributed by atoms with E-state index in [0.717, 1.165) is 0 Å². The fourth-order valence-corrected chi connectivity index (χ4v) is 2.66. The number of rotatable bonds is 11. The van der Waals surface area contributed by atoms with Gasteiger partial charge in [-0.15, -0.1) is 0 Å². The number of hydrogen-bond acceptors (Lipinski definition) is 0. The molecule has 0 spiro atoms. The first-order valence-electron chi connectivity index (χ1n) is 6.81. The molecule has 0 aliphatic carbocycles. The van der Waals surface area contributed by atoms with Crippen LogP contribution in [0, 0.1) is 0 Å². The van der Waals surface area contributed by atoms with Crippen LogP contribution in [0.15, 0.2) is 0 Å². The number of unbranched alkanes of at least 4 members (excludes halogenated alkanes) is 9. The largest absolute Gasteiger partial charge is 1.00 e. The van der Waals surface area contributed by atoms with Gasteiger partial charge in [-0.3, -0.25) is 0 Å². The van der Waals surface area contributed by atoms with Crippen molar-refractivity contribution in [3.8, 4) is 0 Å². The molecule has 0 fully saturated rings. The summed E-state index contributed by atoms with van der Waals surface area (Å²) in [6, 6.07) is 0. The Balaban J connectivity index is 0. The Morgan fingerprint density at radius 3 is 1.38 bits per heavy atom. The molecule has 0 amide bonds. The van der Waals surface area contributed by atoms with Gasteiger partial charge in [0.2, 0.25) is 0 Å². The zero-order valence-electron chi connectivity index (χ0n) is 11.6. The molecule has 0 atom stereocenters. The molecular weight excluding hydrogens is 327 g/mol. The first-order valence-corrected chi connectivity index (χ1v) is 9.02. The highest BCUT2D eigenvalue weighted by Gasteiger charge is 2.00. The van der Waals surface area contributed by atoms with Crippen molar-refractivity contribution in [1.82, 2.24) is 0 Å². The maximum absolute atomic E-state index is 2.35. The molecule has 2 heteroatoms. The molecule has 0 nitrogen and oxygen atoms in total. The van der Waals surface area contributed by atoms with E-state index in [1.54, 1.807) is 0 Å². The zero-order chi connectivity index (χ0) is 11.4. The van der Waals surface area contributed by atoms with Gasteiger partial charge < -0.3 is 24.0 Å². The van der Waals surface area contributed by atoms with Gasteiger partial charge in [-0.25, -0.2) is 0 Å². The molecule has 0 saturated heterocycles. The third-order valence-electron chi connectivity index (χ3n) is 2.91. The van der Waals surface area contributed by atoms with Crippen molar-refractivity contribution in [2.45, 2.75) is 71.1 Å². The lowest BCUT2D eigenvalue weighted by molar-refractivity contribution is -0.00000350. The third kappa shape index (κ3) is 17.5. The molecule has 16 heavy (non-hydrogen) atoms. The Bertz CT molecular complexity index is 115. The van der Waals surface area contributed by atoms with Gasteiger partial charge in [-0.2, -0.15) is 0 Å². The normalized spacial score (nSPS) is 10.5. The predicted molar refractivity (Wildman–Crippen MR) is 75.9 cm³/mol. The SMILES string of the molecule is CCCCCCCCCCCC[S+](C)C.[I-]. The molecule has 100 valence electrons. The van der Waals surface area contributed by atoms with Crippen LogP contribution in [0.2, 0.25) is 0 Å². The Labute approximate surface area is 124 Å². The van der Waals surface area contributed by atoms with Crippen molar-refractivity contribution < 1.29 is 24.0 Å². The summed E-state index contributed by atoms with van der Waals surface area (Å²) in [6.07, 6.45) is 19.3. The van der Waals surface area contributed by atoms with Crippen molar-refractivity contribution in [3.63, 3.8) is 0 Å². The molecule has 0 saturated carbocycles. The second-order valence-corrected chi connectivity index (χ2v) is 7.25. The van der Waals surface area contributed by atoms with Crippen molar-refractivity contribution in [2.24, 2.45) is 0 Å². The summed E-state index contributed by atoms with van der Waals surface area (Å²) >= 11 is 0. The van der Waals surface area contributed by atoms with Crippen molar-refractivity contribution >= 4 is 10.9 Å². The van der Waals surface area contributed by atoms with E-state index in [4.69, 9.17) is 0 Å². The van der Waals surface area contributed by atoms with E-state index in [0.29, 0.717) is 10.9 Å². The first-order chi connectivity index (χ1) is 7.27. The minimum absolute atomic E-state index is 0. The standard InChI is InChI=1S/C14H31S.HI/c1-4-5-6-7-8-9-10-11-12-13-14-15(2)3;/h4-14H2,1-3H3;1H/q+1;/p-1. The van der Waals surface area contributed by atoms with Crippen molar-refractivity contribution in [2.75, 3.05) is 18.3 Å². The van der Waals surface area contributed by atoms with Gasteiger partial charge in [0.05, 0.1) is 12.5 Å². The van der Waals surface area contributed by atoms with Gasteiger partial charge in [-0.05, 0) is 23.7 Å². The summed E-state index contributed by atoms with van der Waals surface area (Å²) in [7, 11) is 0.672. The highest BCUT2D eigenvalue weighted by atomic mass is 127. The molecule has 0 radical (unpaired) electrons. The lowest BCUT2D eigenvalue weighted by Crippen LogP contribution is -3.00. The summed E-state index contributed by atoms with van der Waals surface area (Å²) in [6.45, 7) is 2.29. The summed E-state index contributed by atoms with van der Waals surface area (Å²) in [5.74, 6) is 1.45. The number of halogens is 1. The fraction of sp³-hybridized carbons (Fsp3) is 1.00. The fourth-order valence-electron chi connectivity index (χ4n) is 1.88. The Morgan fingerprint density at radius 2 is 1.00 bits per heavy atom. The highest BCUT2D eigenvalue weighted by molar-refractivity contribution is 7.95. The Morgan fingerprint density at radius 1 is 0.625 bits per heavy atom. The quantitative estimate of drug-likeness (QED) is 0.300. The third-order valence-corrected chi connectivity index (χ3v) is 4.01. The minimum atomic E-state index is 0. The van der Waals surface area contributed by atoms with Gasteiger partial charge in [0.25, 0.3) is 0 Å². The molecule has 0 N–H and O–H groups in total. The summed E-state index contributed by atoms with van der Waals surface area (Å²) < 4.78 is 0. The topological polar surface area (TPSA) is 0 Å². The molecule has 0 rings (SSSR count). The van der Waals surface area contributed by atoms with Crippen LogP contribution in [-0.4, -0.2) is 18.3 Å². The maximum Gasteiger partial charge on any atom is 0.107 e. The molecule has 0 aromatic rings. The van der Waals surface area contributed by atoms with Crippen molar-refractivity contribution in [3.05, 3.63) is 0 Å². The predicted octanol–water partition coefficient (Wildman–Crippen LogP) is 1.79. The van der Waals surface area contributed by atoms with E-state index in [1.807, 2.05) is 0 Å². The molecular formula is C14H31IS. The molecule has 0 aliphatic heterocycles. The monoisotopic (exact) mass is 358 g/mol. The Hall–Kier alpha value is 1.08. The zero-order valence-corrected chi connectivity index (χ0v) is 14.5.